The zero-order valence-corrected chi connectivity index (χ0v) is 12.3. The summed E-state index contributed by atoms with van der Waals surface area (Å²) in [4.78, 5) is 8.93. The minimum atomic E-state index is 0.446. The average Bonchev–Trinajstić information content (AvgIpc) is 3.10. The van der Waals surface area contributed by atoms with E-state index in [-0.39, 0.29) is 0 Å². The van der Waals surface area contributed by atoms with Crippen LogP contribution in [0, 0.1) is 13.8 Å². The molecule has 1 saturated carbocycles. The number of hydrogen-bond acceptors (Lipinski definition) is 4. The molecule has 94 valence electrons. The van der Waals surface area contributed by atoms with Gasteiger partial charge in [0.15, 0.2) is 5.82 Å². The number of hydrogen-bond donors (Lipinski definition) is 0. The van der Waals surface area contributed by atoms with Crippen LogP contribution in [0.1, 0.15) is 35.9 Å². The molecule has 4 nitrogen and oxygen atoms in total. The molecule has 18 heavy (non-hydrogen) atoms. The van der Waals surface area contributed by atoms with Crippen molar-refractivity contribution < 1.29 is 4.52 Å². The number of aromatic nitrogens is 3. The molecule has 0 saturated heterocycles. The fourth-order valence-electron chi connectivity index (χ4n) is 1.98. The van der Waals surface area contributed by atoms with E-state index in [1.165, 1.54) is 0 Å². The van der Waals surface area contributed by atoms with Gasteiger partial charge in [-0.25, -0.2) is 9.97 Å². The molecule has 1 fully saturated rings. The summed E-state index contributed by atoms with van der Waals surface area (Å²) < 4.78 is 5.96. The predicted octanol–water partition coefficient (Wildman–Crippen LogP) is 4.04. The monoisotopic (exact) mass is 327 g/mol. The lowest BCUT2D eigenvalue weighted by molar-refractivity contribution is 0.393. The molecule has 0 amide bonds. The average molecular weight is 329 g/mol. The first-order valence-electron chi connectivity index (χ1n) is 5.74. The molecule has 0 spiro atoms. The van der Waals surface area contributed by atoms with E-state index in [0.29, 0.717) is 22.7 Å². The van der Waals surface area contributed by atoms with E-state index in [0.717, 1.165) is 34.3 Å². The predicted molar refractivity (Wildman–Crippen MR) is 71.7 cm³/mol. The van der Waals surface area contributed by atoms with Crippen LogP contribution < -0.4 is 0 Å². The van der Waals surface area contributed by atoms with Crippen LogP contribution >= 0.6 is 27.5 Å². The van der Waals surface area contributed by atoms with Crippen molar-refractivity contribution in [2.24, 2.45) is 0 Å². The van der Waals surface area contributed by atoms with Gasteiger partial charge in [0.1, 0.15) is 10.9 Å². The highest BCUT2D eigenvalue weighted by Gasteiger charge is 2.30. The SMILES string of the molecule is Cc1noc(C)c1-c1nc(Cl)c(Br)c(C2CC2)n1. The van der Waals surface area contributed by atoms with Gasteiger partial charge in [0.2, 0.25) is 0 Å². The molecule has 0 atom stereocenters. The van der Waals surface area contributed by atoms with Crippen molar-refractivity contribution in [3.63, 3.8) is 0 Å². The summed E-state index contributed by atoms with van der Waals surface area (Å²) in [6, 6.07) is 0. The zero-order valence-electron chi connectivity index (χ0n) is 10.00. The van der Waals surface area contributed by atoms with Crippen molar-refractivity contribution in [1.82, 2.24) is 15.1 Å². The van der Waals surface area contributed by atoms with Gasteiger partial charge in [0.25, 0.3) is 0 Å². The summed E-state index contributed by atoms with van der Waals surface area (Å²) in [5, 5.41) is 4.37. The van der Waals surface area contributed by atoms with Gasteiger partial charge in [0.05, 0.1) is 21.4 Å². The van der Waals surface area contributed by atoms with Crippen LogP contribution in [0.5, 0.6) is 0 Å². The fraction of sp³-hybridized carbons (Fsp3) is 0.417. The molecular formula is C12H11BrClN3O. The number of halogens is 2. The van der Waals surface area contributed by atoms with Gasteiger partial charge in [-0.05, 0) is 42.6 Å². The molecule has 0 N–H and O–H groups in total. The standard InChI is InChI=1S/C12H11BrClN3O/c1-5-8(6(2)18-17-5)12-15-10(7-3-4-7)9(13)11(14)16-12/h7H,3-4H2,1-2H3. The van der Waals surface area contributed by atoms with Crippen LogP contribution in [-0.4, -0.2) is 15.1 Å². The molecule has 2 aromatic heterocycles. The lowest BCUT2D eigenvalue weighted by Crippen LogP contribution is -1.98. The first-order chi connectivity index (χ1) is 8.58. The molecule has 0 radical (unpaired) electrons. The Morgan fingerprint density at radius 2 is 2.00 bits per heavy atom. The summed E-state index contributed by atoms with van der Waals surface area (Å²) in [6.45, 7) is 3.73. The third-order valence-electron chi connectivity index (χ3n) is 3.06. The first-order valence-corrected chi connectivity index (χ1v) is 6.91. The second-order valence-corrected chi connectivity index (χ2v) is 5.66. The molecule has 0 aromatic carbocycles. The summed E-state index contributed by atoms with van der Waals surface area (Å²) in [5.41, 5.74) is 2.61. The van der Waals surface area contributed by atoms with Crippen LogP contribution in [0.15, 0.2) is 9.00 Å². The van der Waals surface area contributed by atoms with Crippen LogP contribution in [0.4, 0.5) is 0 Å². The Labute approximate surface area is 118 Å². The van der Waals surface area contributed by atoms with E-state index >= 15 is 0 Å². The molecule has 1 aliphatic carbocycles. The van der Waals surface area contributed by atoms with Crippen LogP contribution in [0.2, 0.25) is 5.15 Å². The third-order valence-corrected chi connectivity index (χ3v) is 4.34. The smallest absolute Gasteiger partial charge is 0.166 e. The topological polar surface area (TPSA) is 51.8 Å². The minimum Gasteiger partial charge on any atom is -0.361 e. The summed E-state index contributed by atoms with van der Waals surface area (Å²) in [5.74, 6) is 1.81. The zero-order chi connectivity index (χ0) is 12.9. The third kappa shape index (κ3) is 1.95. The van der Waals surface area contributed by atoms with E-state index in [4.69, 9.17) is 16.1 Å². The van der Waals surface area contributed by atoms with Gasteiger partial charge in [-0.1, -0.05) is 16.8 Å². The van der Waals surface area contributed by atoms with E-state index in [2.05, 4.69) is 31.1 Å². The molecule has 2 aromatic rings. The van der Waals surface area contributed by atoms with E-state index in [9.17, 15) is 0 Å². The molecular weight excluding hydrogens is 318 g/mol. The minimum absolute atomic E-state index is 0.446. The van der Waals surface area contributed by atoms with Crippen LogP contribution in [0.3, 0.4) is 0 Å². The van der Waals surface area contributed by atoms with Crippen molar-refractivity contribution >= 4 is 27.5 Å². The normalized spacial score (nSPS) is 15.1. The van der Waals surface area contributed by atoms with Crippen molar-refractivity contribution in [2.45, 2.75) is 32.6 Å². The highest BCUT2D eigenvalue weighted by atomic mass is 79.9. The van der Waals surface area contributed by atoms with E-state index < -0.39 is 0 Å². The van der Waals surface area contributed by atoms with Crippen molar-refractivity contribution in [2.75, 3.05) is 0 Å². The van der Waals surface area contributed by atoms with Gasteiger partial charge in [-0.15, -0.1) is 0 Å². The van der Waals surface area contributed by atoms with Gasteiger partial charge in [-0.2, -0.15) is 0 Å². The summed E-state index contributed by atoms with van der Waals surface area (Å²) >= 11 is 9.62. The van der Waals surface area contributed by atoms with Gasteiger partial charge in [0, 0.05) is 5.92 Å². The quantitative estimate of drug-likeness (QED) is 0.781. The van der Waals surface area contributed by atoms with Gasteiger partial charge >= 0.3 is 0 Å². The molecule has 0 unspecified atom stereocenters. The molecule has 0 aliphatic heterocycles. The summed E-state index contributed by atoms with van der Waals surface area (Å²) in [6.07, 6.45) is 2.32. The Bertz CT molecular complexity index is 603. The molecule has 1 aliphatic rings. The Hall–Kier alpha value is -0.940. The maximum absolute atomic E-state index is 6.16. The number of nitrogens with zero attached hydrogens (tertiary/aromatic N) is 3. The second-order valence-electron chi connectivity index (χ2n) is 4.51. The van der Waals surface area contributed by atoms with Gasteiger partial charge in [-0.3, -0.25) is 0 Å². The van der Waals surface area contributed by atoms with Crippen molar-refractivity contribution in [1.29, 1.82) is 0 Å². The van der Waals surface area contributed by atoms with E-state index in [1.54, 1.807) is 0 Å². The first kappa shape index (κ1) is 12.1. The Morgan fingerprint density at radius 3 is 2.56 bits per heavy atom. The second kappa shape index (κ2) is 4.31. The van der Waals surface area contributed by atoms with Crippen molar-refractivity contribution in [3.8, 4) is 11.4 Å². The largest absolute Gasteiger partial charge is 0.361 e. The lowest BCUT2D eigenvalue weighted by Gasteiger charge is -2.06. The Kier molecular flexibility index (Phi) is 2.90. The van der Waals surface area contributed by atoms with Gasteiger partial charge < -0.3 is 4.52 Å². The molecule has 0 bridgehead atoms. The Morgan fingerprint density at radius 1 is 1.28 bits per heavy atom. The van der Waals surface area contributed by atoms with E-state index in [1.807, 2.05) is 13.8 Å². The highest BCUT2D eigenvalue weighted by Crippen LogP contribution is 2.44. The molecule has 2 heterocycles. The summed E-state index contributed by atoms with van der Waals surface area (Å²) in [7, 11) is 0. The highest BCUT2D eigenvalue weighted by molar-refractivity contribution is 9.10. The number of rotatable bonds is 2. The number of aryl methyl sites for hydroxylation is 2. The van der Waals surface area contributed by atoms with Crippen LogP contribution in [0.25, 0.3) is 11.4 Å². The van der Waals surface area contributed by atoms with Crippen LogP contribution in [-0.2, 0) is 0 Å². The Balaban J connectivity index is 2.18. The molecule has 3 rings (SSSR count). The van der Waals surface area contributed by atoms with Crippen molar-refractivity contribution in [3.05, 3.63) is 26.8 Å². The maximum atomic E-state index is 6.16. The lowest BCUT2D eigenvalue weighted by atomic mass is 10.2. The maximum Gasteiger partial charge on any atom is 0.166 e. The fourth-order valence-corrected chi connectivity index (χ4v) is 2.66. The molecule has 6 heteroatoms.